The second-order valence-electron chi connectivity index (χ2n) is 9.17. The van der Waals surface area contributed by atoms with E-state index >= 15 is 0 Å². The number of halogens is 1. The van der Waals surface area contributed by atoms with Crippen LogP contribution in [0, 0.1) is 5.82 Å². The molecule has 0 N–H and O–H groups in total. The predicted octanol–water partition coefficient (Wildman–Crippen LogP) is 9.88. The minimum atomic E-state index is -0.217. The van der Waals surface area contributed by atoms with Gasteiger partial charge in [0.1, 0.15) is 17.0 Å². The van der Waals surface area contributed by atoms with Crippen LogP contribution in [0.5, 0.6) is 0 Å². The van der Waals surface area contributed by atoms with Crippen LogP contribution in [-0.4, -0.2) is 0 Å². The van der Waals surface area contributed by atoms with Crippen LogP contribution in [0.15, 0.2) is 132 Å². The molecule has 0 unspecified atom stereocenters. The predicted molar refractivity (Wildman–Crippen MR) is 147 cm³/mol. The Morgan fingerprint density at radius 1 is 0.389 bits per heavy atom. The molecule has 0 fully saturated rings. The van der Waals surface area contributed by atoms with Crippen molar-refractivity contribution in [1.82, 2.24) is 0 Å². The van der Waals surface area contributed by atoms with E-state index in [9.17, 15) is 4.39 Å². The van der Waals surface area contributed by atoms with Crippen LogP contribution in [-0.2, 0) is 0 Å². The van der Waals surface area contributed by atoms with E-state index in [4.69, 9.17) is 4.42 Å². The van der Waals surface area contributed by atoms with E-state index in [1.807, 2.05) is 30.3 Å². The Morgan fingerprint density at radius 3 is 1.56 bits per heavy atom. The molecule has 0 saturated heterocycles. The summed E-state index contributed by atoms with van der Waals surface area (Å²) in [6.07, 6.45) is 0. The average Bonchev–Trinajstić information content (AvgIpc) is 3.31. The van der Waals surface area contributed by atoms with E-state index in [0.717, 1.165) is 38.6 Å². The number of furan rings is 1. The van der Waals surface area contributed by atoms with Gasteiger partial charge >= 0.3 is 0 Å². The molecule has 1 nitrogen and oxygen atoms in total. The highest BCUT2D eigenvalue weighted by Crippen LogP contribution is 2.34. The largest absolute Gasteiger partial charge is 0.456 e. The fraction of sp³-hybridized carbons (Fsp3) is 0. The summed E-state index contributed by atoms with van der Waals surface area (Å²) >= 11 is 0. The molecular weight excluding hydrogens is 443 g/mol. The topological polar surface area (TPSA) is 13.1 Å². The molecule has 0 aliphatic heterocycles. The van der Waals surface area contributed by atoms with E-state index in [0.29, 0.717) is 0 Å². The Hall–Kier alpha value is -4.69. The Bertz CT molecular complexity index is 1880. The number of fused-ring (bicyclic) bond motifs is 4. The van der Waals surface area contributed by atoms with Gasteiger partial charge in [-0.05, 0) is 86.6 Å². The smallest absolute Gasteiger partial charge is 0.135 e. The summed E-state index contributed by atoms with van der Waals surface area (Å²) in [4.78, 5) is 0. The molecule has 1 heterocycles. The Morgan fingerprint density at radius 2 is 0.861 bits per heavy atom. The molecule has 0 bridgehead atoms. The van der Waals surface area contributed by atoms with Gasteiger partial charge in [-0.25, -0.2) is 4.39 Å². The lowest BCUT2D eigenvalue weighted by Gasteiger charge is -2.08. The Kier molecular flexibility index (Phi) is 4.71. The van der Waals surface area contributed by atoms with Gasteiger partial charge in [0, 0.05) is 10.8 Å². The van der Waals surface area contributed by atoms with Gasteiger partial charge in [0.05, 0.1) is 0 Å². The third-order valence-electron chi connectivity index (χ3n) is 6.95. The van der Waals surface area contributed by atoms with Gasteiger partial charge in [-0.2, -0.15) is 0 Å². The third-order valence-corrected chi connectivity index (χ3v) is 6.95. The maximum absolute atomic E-state index is 13.2. The first kappa shape index (κ1) is 20.7. The molecule has 0 aliphatic rings. The lowest BCUT2D eigenvalue weighted by atomic mass is 9.96. The minimum absolute atomic E-state index is 0.217. The molecule has 7 aromatic rings. The van der Waals surface area contributed by atoms with Gasteiger partial charge in [0.2, 0.25) is 0 Å². The van der Waals surface area contributed by atoms with Crippen molar-refractivity contribution in [1.29, 1.82) is 0 Å². The molecule has 6 aromatic carbocycles. The molecule has 0 radical (unpaired) electrons. The lowest BCUT2D eigenvalue weighted by Crippen LogP contribution is -1.83. The molecule has 170 valence electrons. The first-order valence-corrected chi connectivity index (χ1v) is 12.0. The maximum Gasteiger partial charge on any atom is 0.135 e. The SMILES string of the molecule is Fc1ccc(-c2ccc(-c3ccc4cc(-c5ccc6oc7ccccc7c6c5)ccc4c3)cc2)cc1. The van der Waals surface area contributed by atoms with Crippen LogP contribution in [0.3, 0.4) is 0 Å². The van der Waals surface area contributed by atoms with Crippen molar-refractivity contribution in [2.45, 2.75) is 0 Å². The van der Waals surface area contributed by atoms with Gasteiger partial charge in [0.15, 0.2) is 0 Å². The van der Waals surface area contributed by atoms with Crippen molar-refractivity contribution in [3.05, 3.63) is 133 Å². The first-order chi connectivity index (χ1) is 17.7. The molecule has 0 aliphatic carbocycles. The zero-order chi connectivity index (χ0) is 24.1. The second-order valence-corrected chi connectivity index (χ2v) is 9.17. The monoisotopic (exact) mass is 464 g/mol. The van der Waals surface area contributed by atoms with Crippen molar-refractivity contribution in [3.63, 3.8) is 0 Å². The number of benzene rings is 6. The van der Waals surface area contributed by atoms with Crippen molar-refractivity contribution >= 4 is 32.7 Å². The van der Waals surface area contributed by atoms with Crippen LogP contribution in [0.1, 0.15) is 0 Å². The van der Waals surface area contributed by atoms with Gasteiger partial charge < -0.3 is 4.42 Å². The lowest BCUT2D eigenvalue weighted by molar-refractivity contribution is 0.628. The number of hydrogen-bond acceptors (Lipinski definition) is 1. The summed E-state index contributed by atoms with van der Waals surface area (Å²) in [5, 5.41) is 4.69. The highest BCUT2D eigenvalue weighted by atomic mass is 19.1. The average molecular weight is 465 g/mol. The molecule has 0 saturated carbocycles. The summed E-state index contributed by atoms with van der Waals surface area (Å²) in [7, 11) is 0. The number of para-hydroxylation sites is 1. The van der Waals surface area contributed by atoms with Gasteiger partial charge in [0.25, 0.3) is 0 Å². The molecule has 0 atom stereocenters. The van der Waals surface area contributed by atoms with E-state index in [1.54, 1.807) is 0 Å². The van der Waals surface area contributed by atoms with Crippen molar-refractivity contribution in [3.8, 4) is 33.4 Å². The fourth-order valence-corrected chi connectivity index (χ4v) is 5.01. The van der Waals surface area contributed by atoms with Gasteiger partial charge in [-0.15, -0.1) is 0 Å². The fourth-order valence-electron chi connectivity index (χ4n) is 5.01. The Labute approximate surface area is 208 Å². The second kappa shape index (κ2) is 8.21. The standard InChI is InChI=1S/C34H21FO/c35-30-16-13-23(14-17-30)22-5-7-24(8-6-22)25-9-10-27-20-28(12-11-26(27)19-25)29-15-18-34-32(21-29)31-3-1-2-4-33(31)36-34/h1-21H. The van der Waals surface area contributed by atoms with Crippen LogP contribution < -0.4 is 0 Å². The van der Waals surface area contributed by atoms with Crippen LogP contribution in [0.2, 0.25) is 0 Å². The molecule has 0 amide bonds. The zero-order valence-corrected chi connectivity index (χ0v) is 19.4. The molecular formula is C34H21FO. The summed E-state index contributed by atoms with van der Waals surface area (Å²) in [5.41, 5.74) is 8.61. The third kappa shape index (κ3) is 3.55. The van der Waals surface area contributed by atoms with Crippen LogP contribution >= 0.6 is 0 Å². The van der Waals surface area contributed by atoms with E-state index in [1.165, 1.54) is 39.6 Å². The van der Waals surface area contributed by atoms with Gasteiger partial charge in [-0.1, -0.05) is 84.9 Å². The maximum atomic E-state index is 13.2. The Balaban J connectivity index is 1.22. The van der Waals surface area contributed by atoms with Crippen molar-refractivity contribution < 1.29 is 8.81 Å². The quantitative estimate of drug-likeness (QED) is 0.254. The van der Waals surface area contributed by atoms with E-state index in [2.05, 4.69) is 84.9 Å². The molecule has 36 heavy (non-hydrogen) atoms. The molecule has 2 heteroatoms. The van der Waals surface area contributed by atoms with Crippen molar-refractivity contribution in [2.75, 3.05) is 0 Å². The van der Waals surface area contributed by atoms with E-state index in [-0.39, 0.29) is 5.82 Å². The zero-order valence-electron chi connectivity index (χ0n) is 19.4. The normalized spacial score (nSPS) is 11.5. The van der Waals surface area contributed by atoms with Crippen LogP contribution in [0.25, 0.3) is 66.1 Å². The summed E-state index contributed by atoms with van der Waals surface area (Å²) in [6.45, 7) is 0. The minimum Gasteiger partial charge on any atom is -0.456 e. The molecule has 0 spiro atoms. The van der Waals surface area contributed by atoms with Crippen LogP contribution in [0.4, 0.5) is 4.39 Å². The summed E-state index contributed by atoms with van der Waals surface area (Å²) in [6, 6.07) is 42.9. The first-order valence-electron chi connectivity index (χ1n) is 12.0. The number of rotatable bonds is 3. The highest BCUT2D eigenvalue weighted by Gasteiger charge is 2.09. The molecule has 7 rings (SSSR count). The number of hydrogen-bond donors (Lipinski definition) is 0. The summed E-state index contributed by atoms with van der Waals surface area (Å²) in [5.74, 6) is -0.217. The van der Waals surface area contributed by atoms with Gasteiger partial charge in [-0.3, -0.25) is 0 Å². The van der Waals surface area contributed by atoms with E-state index < -0.39 is 0 Å². The molecule has 1 aromatic heterocycles. The highest BCUT2D eigenvalue weighted by molar-refractivity contribution is 6.06. The van der Waals surface area contributed by atoms with Crippen molar-refractivity contribution in [2.24, 2.45) is 0 Å². The summed E-state index contributed by atoms with van der Waals surface area (Å²) < 4.78 is 19.2.